The number of aliphatic imine (C=N–C) groups is 1. The highest BCUT2D eigenvalue weighted by atomic mass is 16.7. The van der Waals surface area contributed by atoms with Gasteiger partial charge in [-0.15, -0.1) is 0 Å². The average molecular weight is 266 g/mol. The minimum Gasteiger partial charge on any atom is -0.451 e. The largest absolute Gasteiger partial charge is 0.451 e. The molecule has 7 heteroatoms. The minimum absolute atomic E-state index is 0.177. The first-order valence-electron chi connectivity index (χ1n) is 6.23. The van der Waals surface area contributed by atoms with Crippen molar-refractivity contribution in [2.75, 3.05) is 6.61 Å². The standard InChI is InChI=1S/C12H14N2O5/c1-3-16-11-14-8-7-4-12(5-13,19-6(2)15)10(17-7)9(8)18-11/h7-10H,3-4H2,1-2H3/t7-,8-,9-,10-,12+/m0/s1. The zero-order valence-electron chi connectivity index (χ0n) is 10.7. The monoisotopic (exact) mass is 266 g/mol. The van der Waals surface area contributed by atoms with Gasteiger partial charge in [-0.3, -0.25) is 4.79 Å². The molecule has 0 spiro atoms. The molecule has 0 unspecified atom stereocenters. The molecule has 2 bridgehead atoms. The lowest BCUT2D eigenvalue weighted by Gasteiger charge is -2.31. The molecule has 2 saturated heterocycles. The van der Waals surface area contributed by atoms with Crippen molar-refractivity contribution in [2.45, 2.75) is 50.2 Å². The second-order valence-corrected chi connectivity index (χ2v) is 4.80. The van der Waals surface area contributed by atoms with Crippen molar-refractivity contribution in [3.05, 3.63) is 0 Å². The summed E-state index contributed by atoms with van der Waals surface area (Å²) in [6.07, 6.45) is -0.752. The molecule has 0 amide bonds. The predicted octanol–water partition coefficient (Wildman–Crippen LogP) is 0.143. The number of nitrogens with zero attached hydrogens (tertiary/aromatic N) is 2. The number of rotatable bonds is 2. The summed E-state index contributed by atoms with van der Waals surface area (Å²) in [4.78, 5) is 15.5. The zero-order chi connectivity index (χ0) is 13.6. The van der Waals surface area contributed by atoms with Crippen molar-refractivity contribution >= 4 is 12.1 Å². The van der Waals surface area contributed by atoms with Crippen LogP contribution >= 0.6 is 0 Å². The van der Waals surface area contributed by atoms with E-state index in [1.165, 1.54) is 6.92 Å². The highest BCUT2D eigenvalue weighted by Crippen LogP contribution is 2.48. The summed E-state index contributed by atoms with van der Waals surface area (Å²) in [6, 6.07) is 1.88. The number of carbonyl (C=O) groups excluding carboxylic acids is 1. The van der Waals surface area contributed by atoms with Crippen molar-refractivity contribution in [3.8, 4) is 6.07 Å². The number of fused-ring (bicyclic) bond motifs is 5. The number of hydrogen-bond acceptors (Lipinski definition) is 7. The first-order valence-corrected chi connectivity index (χ1v) is 6.23. The molecule has 5 atom stereocenters. The van der Waals surface area contributed by atoms with E-state index in [2.05, 4.69) is 11.1 Å². The molecule has 0 aromatic rings. The van der Waals surface area contributed by atoms with Gasteiger partial charge in [-0.2, -0.15) is 5.26 Å². The van der Waals surface area contributed by atoms with Crippen LogP contribution in [0.5, 0.6) is 0 Å². The summed E-state index contributed by atoms with van der Waals surface area (Å²) in [6.45, 7) is 3.57. The van der Waals surface area contributed by atoms with Gasteiger partial charge in [-0.05, 0) is 6.92 Å². The molecule has 0 aromatic heterocycles. The predicted molar refractivity (Wildman–Crippen MR) is 61.1 cm³/mol. The summed E-state index contributed by atoms with van der Waals surface area (Å²) in [5, 5.41) is 9.35. The Kier molecular flexibility index (Phi) is 2.64. The smallest absolute Gasteiger partial charge is 0.384 e. The fraction of sp³-hybridized carbons (Fsp3) is 0.750. The van der Waals surface area contributed by atoms with E-state index in [9.17, 15) is 10.1 Å². The van der Waals surface area contributed by atoms with Crippen LogP contribution in [0.1, 0.15) is 20.3 Å². The molecule has 3 heterocycles. The van der Waals surface area contributed by atoms with Crippen molar-refractivity contribution in [1.29, 1.82) is 5.26 Å². The van der Waals surface area contributed by atoms with Crippen LogP contribution in [0.3, 0.4) is 0 Å². The third-order valence-corrected chi connectivity index (χ3v) is 3.58. The van der Waals surface area contributed by atoms with Crippen molar-refractivity contribution < 1.29 is 23.7 Å². The third kappa shape index (κ3) is 1.67. The maximum atomic E-state index is 11.2. The topological polar surface area (TPSA) is 90.1 Å². The Labute approximate surface area is 110 Å². The van der Waals surface area contributed by atoms with Gasteiger partial charge >= 0.3 is 12.1 Å². The maximum Gasteiger partial charge on any atom is 0.384 e. The SMILES string of the molecule is CCOC1=N[C@@H]2[C@H](O1)[C@@H]1O[C@H]2C[C@]1(C#N)OC(C)=O. The van der Waals surface area contributed by atoms with Crippen LogP contribution < -0.4 is 0 Å². The first kappa shape index (κ1) is 12.2. The second kappa shape index (κ2) is 4.10. The Hall–Kier alpha value is -1.81. The Morgan fingerprint density at radius 1 is 1.68 bits per heavy atom. The molecule has 3 rings (SSSR count). The van der Waals surface area contributed by atoms with Gasteiger partial charge in [0.2, 0.25) is 5.60 Å². The molecule has 0 saturated carbocycles. The maximum absolute atomic E-state index is 11.2. The quantitative estimate of drug-likeness (QED) is 0.660. The van der Waals surface area contributed by atoms with Gasteiger partial charge in [-0.25, -0.2) is 4.99 Å². The summed E-state index contributed by atoms with van der Waals surface area (Å²) in [5.41, 5.74) is -1.27. The fourth-order valence-electron chi connectivity index (χ4n) is 2.94. The summed E-state index contributed by atoms with van der Waals surface area (Å²) >= 11 is 0. The third-order valence-electron chi connectivity index (χ3n) is 3.58. The Balaban J connectivity index is 1.82. The number of ether oxygens (including phenoxy) is 4. The Morgan fingerprint density at radius 2 is 2.47 bits per heavy atom. The zero-order valence-corrected chi connectivity index (χ0v) is 10.7. The number of carbonyl (C=O) groups is 1. The molecule has 0 aromatic carbocycles. The van der Waals surface area contributed by atoms with E-state index in [-0.39, 0.29) is 18.2 Å². The second-order valence-electron chi connectivity index (χ2n) is 4.80. The first-order chi connectivity index (χ1) is 9.09. The van der Waals surface area contributed by atoms with Gasteiger partial charge < -0.3 is 18.9 Å². The summed E-state index contributed by atoms with van der Waals surface area (Å²) < 4.78 is 21.7. The molecule has 0 radical (unpaired) electrons. The van der Waals surface area contributed by atoms with Crippen LogP contribution in [-0.4, -0.2) is 48.6 Å². The van der Waals surface area contributed by atoms with E-state index in [4.69, 9.17) is 18.9 Å². The minimum atomic E-state index is -1.27. The lowest BCUT2D eigenvalue weighted by molar-refractivity contribution is -0.159. The molecular formula is C12H14N2O5. The Bertz CT molecular complexity index is 485. The van der Waals surface area contributed by atoms with Crippen LogP contribution in [0.25, 0.3) is 0 Å². The van der Waals surface area contributed by atoms with E-state index < -0.39 is 23.8 Å². The van der Waals surface area contributed by atoms with Gasteiger partial charge in [0.05, 0.1) is 12.7 Å². The van der Waals surface area contributed by atoms with Gasteiger partial charge in [0.25, 0.3) is 0 Å². The number of hydrogen-bond donors (Lipinski definition) is 0. The van der Waals surface area contributed by atoms with Crippen molar-refractivity contribution in [2.24, 2.45) is 4.99 Å². The van der Waals surface area contributed by atoms with Gasteiger partial charge in [0, 0.05) is 13.3 Å². The van der Waals surface area contributed by atoms with E-state index in [0.29, 0.717) is 13.0 Å². The fourth-order valence-corrected chi connectivity index (χ4v) is 2.94. The highest BCUT2D eigenvalue weighted by molar-refractivity contribution is 5.70. The highest BCUT2D eigenvalue weighted by Gasteiger charge is 2.68. The van der Waals surface area contributed by atoms with Crippen molar-refractivity contribution in [3.63, 3.8) is 0 Å². The van der Waals surface area contributed by atoms with Crippen LogP contribution in [0.4, 0.5) is 0 Å². The molecular weight excluding hydrogens is 252 g/mol. The summed E-state index contributed by atoms with van der Waals surface area (Å²) in [5.74, 6) is -0.502. The molecule has 2 fully saturated rings. The van der Waals surface area contributed by atoms with Crippen LogP contribution in [-0.2, 0) is 23.7 Å². The van der Waals surface area contributed by atoms with E-state index in [1.807, 2.05) is 6.92 Å². The van der Waals surface area contributed by atoms with E-state index >= 15 is 0 Å². The molecule has 7 nitrogen and oxygen atoms in total. The molecule has 102 valence electrons. The molecule has 0 N–H and O–H groups in total. The van der Waals surface area contributed by atoms with E-state index in [1.54, 1.807) is 0 Å². The molecule has 0 aliphatic carbocycles. The molecule has 3 aliphatic heterocycles. The van der Waals surface area contributed by atoms with Crippen LogP contribution in [0.2, 0.25) is 0 Å². The lowest BCUT2D eigenvalue weighted by Crippen LogP contribution is -2.52. The Morgan fingerprint density at radius 3 is 3.11 bits per heavy atom. The van der Waals surface area contributed by atoms with Crippen LogP contribution in [0, 0.1) is 11.3 Å². The molecule has 19 heavy (non-hydrogen) atoms. The average Bonchev–Trinajstić information content (AvgIpc) is 2.98. The van der Waals surface area contributed by atoms with Gasteiger partial charge in [0.15, 0.2) is 12.2 Å². The van der Waals surface area contributed by atoms with Gasteiger partial charge in [-0.1, -0.05) is 0 Å². The van der Waals surface area contributed by atoms with E-state index in [0.717, 1.165) is 0 Å². The van der Waals surface area contributed by atoms with Gasteiger partial charge in [0.1, 0.15) is 12.1 Å². The lowest BCUT2D eigenvalue weighted by atomic mass is 9.81. The van der Waals surface area contributed by atoms with Crippen molar-refractivity contribution in [1.82, 2.24) is 0 Å². The molecule has 3 aliphatic rings. The number of nitriles is 1. The number of esters is 1. The summed E-state index contributed by atoms with van der Waals surface area (Å²) in [7, 11) is 0. The normalized spacial score (nSPS) is 42.1. The van der Waals surface area contributed by atoms with Crippen LogP contribution in [0.15, 0.2) is 4.99 Å².